The van der Waals surface area contributed by atoms with Gasteiger partial charge in [0.2, 0.25) is 0 Å². The van der Waals surface area contributed by atoms with E-state index >= 15 is 0 Å². The van der Waals surface area contributed by atoms with Gasteiger partial charge in [0.05, 0.1) is 10.1 Å². The third-order valence-electron chi connectivity index (χ3n) is 5.72. The molecule has 1 fully saturated rings. The molecule has 1 saturated heterocycles. The maximum atomic E-state index is 12.5. The highest BCUT2D eigenvalue weighted by Gasteiger charge is 2.23. The fraction of sp³-hybridized carbons (Fsp3) is 0.458. The van der Waals surface area contributed by atoms with E-state index in [9.17, 15) is 13.2 Å². The number of carbonyl (C=O) groups excluding carboxylic acids is 1. The molecule has 0 saturated carbocycles. The van der Waals surface area contributed by atoms with Gasteiger partial charge in [-0.3, -0.25) is 4.79 Å². The van der Waals surface area contributed by atoms with E-state index in [4.69, 9.17) is 0 Å². The van der Waals surface area contributed by atoms with Crippen molar-refractivity contribution in [2.45, 2.75) is 56.1 Å². The van der Waals surface area contributed by atoms with Crippen LogP contribution in [-0.2, 0) is 21.1 Å². The monoisotopic (exact) mass is 413 g/mol. The molecule has 0 amide bonds. The molecule has 0 bridgehead atoms. The summed E-state index contributed by atoms with van der Waals surface area (Å²) >= 11 is 0. The second-order valence-electron chi connectivity index (χ2n) is 8.27. The fourth-order valence-electron chi connectivity index (χ4n) is 3.94. The topological polar surface area (TPSA) is 54.5 Å². The zero-order valence-electron chi connectivity index (χ0n) is 17.4. The van der Waals surface area contributed by atoms with Crippen LogP contribution in [0.1, 0.15) is 45.1 Å². The molecule has 0 spiro atoms. The van der Waals surface area contributed by atoms with Gasteiger partial charge in [-0.15, -0.1) is 0 Å². The van der Waals surface area contributed by atoms with Crippen LogP contribution >= 0.6 is 0 Å². The normalized spacial score (nSPS) is 17.5. The van der Waals surface area contributed by atoms with Gasteiger partial charge in [-0.05, 0) is 68.9 Å². The number of piperidine rings is 1. The number of nitrogens with zero attached hydrogens (tertiary/aromatic N) is 1. The number of Topliss-reactive ketones (excluding diaryl/α,β-unsaturated/α-hetero) is 1. The van der Waals surface area contributed by atoms with E-state index in [1.807, 2.05) is 30.3 Å². The SMILES string of the molecule is CC(C)S(=O)(=O)c1ccc(N2CCCC(CC(=O)CCc3ccccc3)C2)cc1. The highest BCUT2D eigenvalue weighted by molar-refractivity contribution is 7.92. The molecule has 2 aromatic rings. The molecule has 156 valence electrons. The van der Waals surface area contributed by atoms with Crippen molar-refractivity contribution in [1.29, 1.82) is 0 Å². The van der Waals surface area contributed by atoms with E-state index in [-0.39, 0.29) is 0 Å². The lowest BCUT2D eigenvalue weighted by molar-refractivity contribution is -0.120. The third kappa shape index (κ3) is 5.69. The van der Waals surface area contributed by atoms with Crippen molar-refractivity contribution in [2.75, 3.05) is 18.0 Å². The van der Waals surface area contributed by atoms with Crippen LogP contribution in [0.15, 0.2) is 59.5 Å². The Morgan fingerprint density at radius 1 is 1.07 bits per heavy atom. The lowest BCUT2D eigenvalue weighted by Crippen LogP contribution is -2.36. The zero-order chi connectivity index (χ0) is 20.9. The Bertz CT molecular complexity index is 905. The Balaban J connectivity index is 1.55. The summed E-state index contributed by atoms with van der Waals surface area (Å²) in [6.45, 7) is 5.21. The number of hydrogen-bond donors (Lipinski definition) is 0. The first-order valence-electron chi connectivity index (χ1n) is 10.5. The average molecular weight is 414 g/mol. The number of ketones is 1. The summed E-state index contributed by atoms with van der Waals surface area (Å²) in [7, 11) is -3.24. The van der Waals surface area contributed by atoms with E-state index < -0.39 is 15.1 Å². The first-order valence-corrected chi connectivity index (χ1v) is 12.1. The summed E-state index contributed by atoms with van der Waals surface area (Å²) in [5, 5.41) is -0.422. The standard InChI is InChI=1S/C24H31NO3S/c1-19(2)29(27,28)24-14-11-22(12-15-24)25-16-6-9-21(18-25)17-23(26)13-10-20-7-4-3-5-8-20/h3-5,7-8,11-12,14-15,19,21H,6,9-10,13,16-18H2,1-2H3. The van der Waals surface area contributed by atoms with Gasteiger partial charge in [-0.2, -0.15) is 0 Å². The minimum Gasteiger partial charge on any atom is -0.371 e. The van der Waals surface area contributed by atoms with Crippen LogP contribution in [0.4, 0.5) is 5.69 Å². The number of sulfone groups is 1. The van der Waals surface area contributed by atoms with Crippen LogP contribution in [0, 0.1) is 5.92 Å². The molecule has 0 N–H and O–H groups in total. The quantitative estimate of drug-likeness (QED) is 0.631. The molecule has 5 heteroatoms. The number of benzene rings is 2. The molecule has 1 aliphatic heterocycles. The van der Waals surface area contributed by atoms with Crippen molar-refractivity contribution in [3.05, 3.63) is 60.2 Å². The van der Waals surface area contributed by atoms with Gasteiger partial charge in [-0.25, -0.2) is 8.42 Å². The molecule has 0 aromatic heterocycles. The molecular formula is C24H31NO3S. The number of aryl methyl sites for hydroxylation is 1. The summed E-state index contributed by atoms with van der Waals surface area (Å²) in [6.07, 6.45) is 4.17. The predicted octanol–water partition coefficient (Wildman–Crippen LogP) is 4.68. The minimum absolute atomic E-state index is 0.332. The highest BCUT2D eigenvalue weighted by Crippen LogP contribution is 2.27. The van der Waals surface area contributed by atoms with Crippen molar-refractivity contribution in [1.82, 2.24) is 0 Å². The maximum absolute atomic E-state index is 12.5. The van der Waals surface area contributed by atoms with Crippen molar-refractivity contribution >= 4 is 21.3 Å². The molecule has 0 radical (unpaired) electrons. The Morgan fingerprint density at radius 3 is 2.41 bits per heavy atom. The summed E-state index contributed by atoms with van der Waals surface area (Å²) in [5.41, 5.74) is 2.25. The van der Waals surface area contributed by atoms with Crippen molar-refractivity contribution < 1.29 is 13.2 Å². The number of anilines is 1. The highest BCUT2D eigenvalue weighted by atomic mass is 32.2. The van der Waals surface area contributed by atoms with Crippen molar-refractivity contribution in [3.8, 4) is 0 Å². The van der Waals surface area contributed by atoms with E-state index in [0.29, 0.717) is 29.4 Å². The summed E-state index contributed by atoms with van der Waals surface area (Å²) in [6, 6.07) is 17.4. The van der Waals surface area contributed by atoms with Crippen LogP contribution in [0.5, 0.6) is 0 Å². The van der Waals surface area contributed by atoms with Gasteiger partial charge >= 0.3 is 0 Å². The lowest BCUT2D eigenvalue weighted by Gasteiger charge is -2.34. The van der Waals surface area contributed by atoms with Gasteiger partial charge in [0.25, 0.3) is 0 Å². The Kier molecular flexibility index (Phi) is 7.12. The van der Waals surface area contributed by atoms with Crippen molar-refractivity contribution in [3.63, 3.8) is 0 Å². The molecule has 3 rings (SSSR count). The van der Waals surface area contributed by atoms with E-state index in [1.54, 1.807) is 26.0 Å². The molecule has 1 aliphatic rings. The van der Waals surface area contributed by atoms with Gasteiger partial charge in [-0.1, -0.05) is 30.3 Å². The fourth-order valence-corrected chi connectivity index (χ4v) is 5.00. The Labute approximate surface area is 174 Å². The number of rotatable bonds is 8. The second kappa shape index (κ2) is 9.57. The lowest BCUT2D eigenvalue weighted by atomic mass is 9.91. The Morgan fingerprint density at radius 2 is 1.76 bits per heavy atom. The van der Waals surface area contributed by atoms with Crippen molar-refractivity contribution in [2.24, 2.45) is 5.92 Å². The Hall–Kier alpha value is -2.14. The molecule has 29 heavy (non-hydrogen) atoms. The summed E-state index contributed by atoms with van der Waals surface area (Å²) in [5.74, 6) is 0.699. The van der Waals surface area contributed by atoms with Crippen LogP contribution in [0.3, 0.4) is 0 Å². The summed E-state index contributed by atoms with van der Waals surface area (Å²) in [4.78, 5) is 15.1. The molecular weight excluding hydrogens is 382 g/mol. The molecule has 0 aliphatic carbocycles. The molecule has 1 atom stereocenters. The van der Waals surface area contributed by atoms with Crippen LogP contribution in [0.25, 0.3) is 0 Å². The molecule has 1 unspecified atom stereocenters. The van der Waals surface area contributed by atoms with Crippen LogP contribution in [-0.4, -0.2) is 32.5 Å². The van der Waals surface area contributed by atoms with E-state index in [0.717, 1.165) is 38.0 Å². The smallest absolute Gasteiger partial charge is 0.180 e. The molecule has 2 aromatic carbocycles. The predicted molar refractivity (Wildman–Crippen MR) is 118 cm³/mol. The zero-order valence-corrected chi connectivity index (χ0v) is 18.2. The summed E-state index contributed by atoms with van der Waals surface area (Å²) < 4.78 is 24.6. The first-order chi connectivity index (χ1) is 13.9. The van der Waals surface area contributed by atoms with Gasteiger partial charge in [0, 0.05) is 31.6 Å². The maximum Gasteiger partial charge on any atom is 0.180 e. The molecule has 1 heterocycles. The van der Waals surface area contributed by atoms with Crippen LogP contribution in [0.2, 0.25) is 0 Å². The van der Waals surface area contributed by atoms with E-state index in [1.165, 1.54) is 5.56 Å². The minimum atomic E-state index is -3.24. The number of carbonyl (C=O) groups is 1. The van der Waals surface area contributed by atoms with Gasteiger partial charge in [0.1, 0.15) is 5.78 Å². The van der Waals surface area contributed by atoms with Gasteiger partial charge < -0.3 is 4.90 Å². The van der Waals surface area contributed by atoms with E-state index in [2.05, 4.69) is 17.0 Å². The average Bonchev–Trinajstić information content (AvgIpc) is 2.73. The van der Waals surface area contributed by atoms with Gasteiger partial charge in [0.15, 0.2) is 9.84 Å². The molecule has 4 nitrogen and oxygen atoms in total. The van der Waals surface area contributed by atoms with Crippen LogP contribution < -0.4 is 4.90 Å². The first kappa shape index (κ1) is 21.6. The number of hydrogen-bond acceptors (Lipinski definition) is 4. The third-order valence-corrected chi connectivity index (χ3v) is 7.89. The second-order valence-corrected chi connectivity index (χ2v) is 10.8. The largest absolute Gasteiger partial charge is 0.371 e.